The molecule has 0 spiro atoms. The summed E-state index contributed by atoms with van der Waals surface area (Å²) in [7, 11) is 0. The minimum Gasteiger partial charge on any atom is -0.395 e. The molecular formula is C7H12ClN3O3. The Bertz CT molecular complexity index is 398. The van der Waals surface area contributed by atoms with Crippen LogP contribution < -0.4 is 17.0 Å². The lowest BCUT2D eigenvalue weighted by Crippen LogP contribution is -2.33. The van der Waals surface area contributed by atoms with Crippen molar-refractivity contribution in [2.45, 2.75) is 13.1 Å². The Morgan fingerprint density at radius 3 is 2.64 bits per heavy atom. The van der Waals surface area contributed by atoms with Crippen LogP contribution in [0.2, 0.25) is 0 Å². The smallest absolute Gasteiger partial charge is 0.328 e. The van der Waals surface area contributed by atoms with Crippen molar-refractivity contribution >= 4 is 12.4 Å². The van der Waals surface area contributed by atoms with Crippen LogP contribution >= 0.6 is 12.4 Å². The van der Waals surface area contributed by atoms with Gasteiger partial charge in [0.05, 0.1) is 13.2 Å². The number of hydrogen-bond acceptors (Lipinski definition) is 4. The van der Waals surface area contributed by atoms with Crippen molar-refractivity contribution < 1.29 is 5.11 Å². The monoisotopic (exact) mass is 221 g/mol. The molecule has 1 aromatic rings. The van der Waals surface area contributed by atoms with Crippen LogP contribution in [0.25, 0.3) is 0 Å². The second-order valence-electron chi connectivity index (χ2n) is 2.53. The van der Waals surface area contributed by atoms with Crippen LogP contribution in [0.4, 0.5) is 0 Å². The van der Waals surface area contributed by atoms with Crippen LogP contribution in [-0.4, -0.2) is 21.3 Å². The molecule has 0 bridgehead atoms. The number of nitrogens with two attached hydrogens (primary N) is 1. The molecule has 80 valence electrons. The fourth-order valence-corrected chi connectivity index (χ4v) is 0.974. The molecule has 0 aliphatic rings. The molecule has 1 aromatic heterocycles. The number of aliphatic hydroxyl groups is 1. The fraction of sp³-hybridized carbons (Fsp3) is 0.429. The zero-order chi connectivity index (χ0) is 9.84. The van der Waals surface area contributed by atoms with E-state index in [1.165, 1.54) is 10.8 Å². The van der Waals surface area contributed by atoms with E-state index in [4.69, 9.17) is 10.8 Å². The average Bonchev–Trinajstić information content (AvgIpc) is 2.10. The third-order valence-corrected chi connectivity index (χ3v) is 1.65. The van der Waals surface area contributed by atoms with Crippen LogP contribution in [0.3, 0.4) is 0 Å². The second kappa shape index (κ2) is 5.58. The van der Waals surface area contributed by atoms with Gasteiger partial charge in [-0.25, -0.2) is 4.79 Å². The second-order valence-corrected chi connectivity index (χ2v) is 2.53. The third-order valence-electron chi connectivity index (χ3n) is 1.65. The lowest BCUT2D eigenvalue weighted by atomic mass is 10.3. The van der Waals surface area contributed by atoms with Crippen LogP contribution in [-0.2, 0) is 13.1 Å². The van der Waals surface area contributed by atoms with Crippen molar-refractivity contribution in [1.29, 1.82) is 0 Å². The lowest BCUT2D eigenvalue weighted by Gasteiger charge is -2.03. The van der Waals surface area contributed by atoms with Gasteiger partial charge < -0.3 is 10.8 Å². The van der Waals surface area contributed by atoms with Crippen molar-refractivity contribution in [3.05, 3.63) is 32.6 Å². The summed E-state index contributed by atoms with van der Waals surface area (Å²) in [5, 5.41) is 8.59. The summed E-state index contributed by atoms with van der Waals surface area (Å²) in [4.78, 5) is 24.2. The standard InChI is InChI=1S/C7H11N3O3.ClH/c8-3-5-4-10(1-2-11)7(13)9-6(5)12;/h4,11H,1-3,8H2,(H,9,12,13);1H. The summed E-state index contributed by atoms with van der Waals surface area (Å²) in [5.74, 6) is 0. The SMILES string of the molecule is Cl.NCc1cn(CCO)c(=O)[nH]c1=O. The van der Waals surface area contributed by atoms with Gasteiger partial charge in [0.15, 0.2) is 0 Å². The Labute approximate surface area is 85.8 Å². The number of hydrogen-bond donors (Lipinski definition) is 3. The topological polar surface area (TPSA) is 101 Å². The number of aliphatic hydroxyl groups excluding tert-OH is 1. The first-order chi connectivity index (χ1) is 6.19. The summed E-state index contributed by atoms with van der Waals surface area (Å²) in [5.41, 5.74) is 4.59. The van der Waals surface area contributed by atoms with Gasteiger partial charge in [-0.05, 0) is 0 Å². The summed E-state index contributed by atoms with van der Waals surface area (Å²) >= 11 is 0. The van der Waals surface area contributed by atoms with Crippen molar-refractivity contribution in [2.75, 3.05) is 6.61 Å². The molecule has 0 unspecified atom stereocenters. The number of nitrogens with one attached hydrogen (secondary N) is 1. The lowest BCUT2D eigenvalue weighted by molar-refractivity contribution is 0.273. The first kappa shape index (κ1) is 12.9. The van der Waals surface area contributed by atoms with Gasteiger partial charge in [0.1, 0.15) is 0 Å². The molecule has 6 nitrogen and oxygen atoms in total. The molecule has 0 fully saturated rings. The van der Waals surface area contributed by atoms with E-state index < -0.39 is 11.2 Å². The van der Waals surface area contributed by atoms with Crippen LogP contribution in [0.5, 0.6) is 0 Å². The van der Waals surface area contributed by atoms with Gasteiger partial charge in [0.25, 0.3) is 5.56 Å². The molecule has 14 heavy (non-hydrogen) atoms. The van der Waals surface area contributed by atoms with E-state index in [0.29, 0.717) is 5.56 Å². The molecule has 0 atom stereocenters. The number of H-pyrrole nitrogens is 1. The Hall–Kier alpha value is -1.11. The maximum atomic E-state index is 11.1. The molecule has 0 saturated heterocycles. The van der Waals surface area contributed by atoms with E-state index in [2.05, 4.69) is 4.98 Å². The van der Waals surface area contributed by atoms with Crippen molar-refractivity contribution in [3.8, 4) is 0 Å². The predicted octanol–water partition coefficient (Wildman–Crippen LogP) is -1.59. The summed E-state index contributed by atoms with van der Waals surface area (Å²) < 4.78 is 1.21. The quantitative estimate of drug-likeness (QED) is 0.573. The van der Waals surface area contributed by atoms with E-state index >= 15 is 0 Å². The molecule has 0 saturated carbocycles. The van der Waals surface area contributed by atoms with E-state index in [-0.39, 0.29) is 32.1 Å². The van der Waals surface area contributed by atoms with E-state index in [9.17, 15) is 9.59 Å². The molecule has 1 rings (SSSR count). The molecule has 1 heterocycles. The van der Waals surface area contributed by atoms with Crippen LogP contribution in [0, 0.1) is 0 Å². The minimum atomic E-state index is -0.531. The summed E-state index contributed by atoms with van der Waals surface area (Å²) in [6, 6.07) is 0. The Balaban J connectivity index is 0.00000169. The van der Waals surface area contributed by atoms with Crippen molar-refractivity contribution in [2.24, 2.45) is 5.73 Å². The average molecular weight is 222 g/mol. The van der Waals surface area contributed by atoms with E-state index in [1.807, 2.05) is 0 Å². The Kier molecular flexibility index (Phi) is 5.14. The minimum absolute atomic E-state index is 0. The van der Waals surface area contributed by atoms with Gasteiger partial charge >= 0.3 is 5.69 Å². The Morgan fingerprint density at radius 2 is 2.14 bits per heavy atom. The number of nitrogens with zero attached hydrogens (tertiary/aromatic N) is 1. The van der Waals surface area contributed by atoms with E-state index in [1.54, 1.807) is 0 Å². The largest absolute Gasteiger partial charge is 0.395 e. The normalized spacial score (nSPS) is 9.57. The highest BCUT2D eigenvalue weighted by Crippen LogP contribution is 1.84. The molecule has 0 aliphatic heterocycles. The number of aromatic amines is 1. The highest BCUT2D eigenvalue weighted by molar-refractivity contribution is 5.85. The maximum Gasteiger partial charge on any atom is 0.328 e. The molecule has 0 amide bonds. The van der Waals surface area contributed by atoms with Gasteiger partial charge in [-0.1, -0.05) is 0 Å². The highest BCUT2D eigenvalue weighted by atomic mass is 35.5. The highest BCUT2D eigenvalue weighted by Gasteiger charge is 2.01. The Morgan fingerprint density at radius 1 is 1.50 bits per heavy atom. The fourth-order valence-electron chi connectivity index (χ4n) is 0.974. The first-order valence-corrected chi connectivity index (χ1v) is 3.82. The summed E-state index contributed by atoms with van der Waals surface area (Å²) in [6.45, 7) is 0.0691. The van der Waals surface area contributed by atoms with Crippen molar-refractivity contribution in [3.63, 3.8) is 0 Å². The maximum absolute atomic E-state index is 11.1. The number of aromatic nitrogens is 2. The van der Waals surface area contributed by atoms with Gasteiger partial charge in [-0.3, -0.25) is 14.3 Å². The third kappa shape index (κ3) is 2.69. The molecule has 0 aliphatic carbocycles. The predicted molar refractivity (Wildman–Crippen MR) is 53.5 cm³/mol. The van der Waals surface area contributed by atoms with Crippen LogP contribution in [0.15, 0.2) is 15.8 Å². The van der Waals surface area contributed by atoms with Gasteiger partial charge in [0, 0.05) is 18.3 Å². The van der Waals surface area contributed by atoms with E-state index in [0.717, 1.165) is 0 Å². The van der Waals surface area contributed by atoms with Gasteiger partial charge in [-0.2, -0.15) is 0 Å². The summed E-state index contributed by atoms with van der Waals surface area (Å²) in [6.07, 6.45) is 1.36. The van der Waals surface area contributed by atoms with Crippen LogP contribution in [0.1, 0.15) is 5.56 Å². The zero-order valence-electron chi connectivity index (χ0n) is 7.40. The first-order valence-electron chi connectivity index (χ1n) is 3.82. The van der Waals surface area contributed by atoms with Gasteiger partial charge in [0.2, 0.25) is 0 Å². The van der Waals surface area contributed by atoms with Gasteiger partial charge in [-0.15, -0.1) is 12.4 Å². The van der Waals surface area contributed by atoms with Crippen molar-refractivity contribution in [1.82, 2.24) is 9.55 Å². The molecule has 4 N–H and O–H groups in total. The molecule has 0 aromatic carbocycles. The molecule has 7 heteroatoms. The zero-order valence-corrected chi connectivity index (χ0v) is 8.21. The molecular weight excluding hydrogens is 210 g/mol. The number of rotatable bonds is 3. The molecule has 0 radical (unpaired) electrons. The number of halogens is 1.